The lowest BCUT2D eigenvalue weighted by Crippen LogP contribution is -2.32. The third-order valence-electron chi connectivity index (χ3n) is 5.44. The fourth-order valence-electron chi connectivity index (χ4n) is 3.77. The fraction of sp³-hybridized carbons (Fsp3) is 0.500. The molecule has 160 valence electrons. The molecule has 8 heteroatoms. The Bertz CT molecular complexity index is 1020. The van der Waals surface area contributed by atoms with Gasteiger partial charge >= 0.3 is 5.69 Å². The van der Waals surface area contributed by atoms with Gasteiger partial charge < -0.3 is 20.2 Å². The van der Waals surface area contributed by atoms with Gasteiger partial charge in [0.25, 0.3) is 0 Å². The van der Waals surface area contributed by atoms with Gasteiger partial charge in [0.1, 0.15) is 12.9 Å². The molecule has 0 spiro atoms. The van der Waals surface area contributed by atoms with E-state index in [9.17, 15) is 14.4 Å². The van der Waals surface area contributed by atoms with Crippen molar-refractivity contribution >= 4 is 23.2 Å². The number of benzene rings is 1. The lowest BCUT2D eigenvalue weighted by atomic mass is 10.1. The van der Waals surface area contributed by atoms with E-state index in [2.05, 4.69) is 22.5 Å². The number of aryl methyl sites for hydroxylation is 1. The highest BCUT2D eigenvalue weighted by atomic mass is 16.5. The van der Waals surface area contributed by atoms with E-state index in [0.29, 0.717) is 23.2 Å². The summed E-state index contributed by atoms with van der Waals surface area (Å²) < 4.78 is 8.77. The van der Waals surface area contributed by atoms with Crippen LogP contribution in [-0.2, 0) is 21.4 Å². The van der Waals surface area contributed by atoms with Crippen molar-refractivity contribution in [3.8, 4) is 11.8 Å². The first-order valence-corrected chi connectivity index (χ1v) is 10.2. The van der Waals surface area contributed by atoms with Crippen LogP contribution in [0.4, 0.5) is 0 Å². The van der Waals surface area contributed by atoms with E-state index in [-0.39, 0.29) is 30.5 Å². The summed E-state index contributed by atoms with van der Waals surface area (Å²) in [7, 11) is 3.21. The highest BCUT2D eigenvalue weighted by Crippen LogP contribution is 2.21. The van der Waals surface area contributed by atoms with Crippen molar-refractivity contribution < 1.29 is 14.3 Å². The van der Waals surface area contributed by atoms with Crippen LogP contribution in [0.15, 0.2) is 23.0 Å². The summed E-state index contributed by atoms with van der Waals surface area (Å²) in [5.41, 5.74) is 1.70. The molecule has 2 aromatic rings. The normalized spacial score (nSPS) is 15.4. The topological polar surface area (TPSA) is 94.4 Å². The van der Waals surface area contributed by atoms with E-state index in [1.165, 1.54) is 9.13 Å². The van der Waals surface area contributed by atoms with Crippen LogP contribution >= 0.6 is 0 Å². The minimum absolute atomic E-state index is 0.163. The number of piperidine rings is 1. The summed E-state index contributed by atoms with van der Waals surface area (Å²) >= 11 is 0. The molecule has 3 rings (SSSR count). The smallest absolute Gasteiger partial charge is 0.329 e. The number of imidazole rings is 1. The van der Waals surface area contributed by atoms with Crippen LogP contribution < -0.4 is 16.3 Å². The lowest BCUT2D eigenvalue weighted by molar-refractivity contribution is -0.121. The molecular weight excluding hydrogens is 384 g/mol. The quantitative estimate of drug-likeness (QED) is 0.516. The first-order chi connectivity index (χ1) is 14.6. The molecule has 0 radical (unpaired) electrons. The van der Waals surface area contributed by atoms with Crippen LogP contribution in [0.2, 0.25) is 0 Å². The second-order valence-corrected chi connectivity index (χ2v) is 7.36. The second-order valence-electron chi connectivity index (χ2n) is 7.36. The molecule has 1 unspecified atom stereocenters. The number of hydrogen-bond donors (Lipinski definition) is 2. The first kappa shape index (κ1) is 21.8. The maximum atomic E-state index is 12.9. The Hall–Kier alpha value is -2.89. The van der Waals surface area contributed by atoms with E-state index >= 15 is 0 Å². The minimum atomic E-state index is -0.718. The van der Waals surface area contributed by atoms with Crippen molar-refractivity contribution in [2.75, 3.05) is 26.7 Å². The zero-order valence-electron chi connectivity index (χ0n) is 17.4. The Morgan fingerprint density at radius 1 is 1.40 bits per heavy atom. The zero-order valence-corrected chi connectivity index (χ0v) is 17.4. The third kappa shape index (κ3) is 4.81. The molecular formula is C22H28N4O4. The molecule has 1 aliphatic rings. The van der Waals surface area contributed by atoms with E-state index in [0.717, 1.165) is 32.2 Å². The van der Waals surface area contributed by atoms with Crippen LogP contribution in [0.1, 0.15) is 37.3 Å². The van der Waals surface area contributed by atoms with Crippen molar-refractivity contribution in [1.29, 1.82) is 0 Å². The van der Waals surface area contributed by atoms with Crippen molar-refractivity contribution in [2.24, 2.45) is 7.05 Å². The van der Waals surface area contributed by atoms with Crippen LogP contribution in [0.3, 0.4) is 0 Å². The zero-order chi connectivity index (χ0) is 21.5. The van der Waals surface area contributed by atoms with Gasteiger partial charge in [0, 0.05) is 20.5 Å². The van der Waals surface area contributed by atoms with Crippen LogP contribution in [0.25, 0.3) is 11.0 Å². The molecule has 1 atom stereocenters. The van der Waals surface area contributed by atoms with Gasteiger partial charge in [-0.1, -0.05) is 17.9 Å². The number of nitrogens with zero attached hydrogens (tertiary/aromatic N) is 2. The highest BCUT2D eigenvalue weighted by molar-refractivity contribution is 5.84. The predicted molar refractivity (Wildman–Crippen MR) is 114 cm³/mol. The second kappa shape index (κ2) is 10.2. The SMILES string of the molecule is CNC(=O)CCC(C=O)n1c(=O)n(C)c2c(C#CCOC3CCNCC3)cccc21. The molecule has 1 aromatic carbocycles. The largest absolute Gasteiger partial charge is 0.365 e. The Balaban J connectivity index is 1.85. The van der Waals surface area contributed by atoms with Gasteiger partial charge in [0.05, 0.1) is 28.7 Å². The number of para-hydroxylation sites is 1. The molecule has 1 aliphatic heterocycles. The molecule has 1 fully saturated rings. The average molecular weight is 412 g/mol. The molecule has 8 nitrogen and oxygen atoms in total. The van der Waals surface area contributed by atoms with Gasteiger partial charge in [-0.3, -0.25) is 13.9 Å². The van der Waals surface area contributed by atoms with Crippen molar-refractivity contribution in [1.82, 2.24) is 19.8 Å². The first-order valence-electron chi connectivity index (χ1n) is 10.2. The predicted octanol–water partition coefficient (Wildman–Crippen LogP) is 0.726. The molecule has 2 N–H and O–H groups in total. The molecule has 1 aromatic heterocycles. The number of amides is 1. The summed E-state index contributed by atoms with van der Waals surface area (Å²) in [6.45, 7) is 2.26. The van der Waals surface area contributed by atoms with Crippen LogP contribution in [0.5, 0.6) is 0 Å². The maximum absolute atomic E-state index is 12.9. The fourth-order valence-corrected chi connectivity index (χ4v) is 3.77. The van der Waals surface area contributed by atoms with Gasteiger partial charge in [-0.05, 0) is 44.5 Å². The Kier molecular flexibility index (Phi) is 7.44. The molecule has 0 aliphatic carbocycles. The molecule has 30 heavy (non-hydrogen) atoms. The number of carbonyl (C=O) groups is 2. The lowest BCUT2D eigenvalue weighted by Gasteiger charge is -2.21. The van der Waals surface area contributed by atoms with Gasteiger partial charge in [0.2, 0.25) is 5.91 Å². The number of hydrogen-bond acceptors (Lipinski definition) is 5. The Morgan fingerprint density at radius 3 is 2.87 bits per heavy atom. The number of rotatable bonds is 7. The maximum Gasteiger partial charge on any atom is 0.329 e. The number of nitrogens with one attached hydrogen (secondary N) is 2. The number of carbonyl (C=O) groups excluding carboxylic acids is 2. The third-order valence-corrected chi connectivity index (χ3v) is 5.44. The molecule has 1 amide bonds. The minimum Gasteiger partial charge on any atom is -0.365 e. The molecule has 0 bridgehead atoms. The van der Waals surface area contributed by atoms with E-state index < -0.39 is 6.04 Å². The molecule has 0 saturated carbocycles. The highest BCUT2D eigenvalue weighted by Gasteiger charge is 2.21. The average Bonchev–Trinajstić information content (AvgIpc) is 3.03. The standard InChI is InChI=1S/C22H28N4O4/c1-23-20(28)9-8-17(15-27)26-19-7-3-5-16(21(19)25(2)22(26)29)6-4-14-30-18-10-12-24-13-11-18/h3,5,7,15,17-18,24H,8-14H2,1-2H3,(H,23,28). The Morgan fingerprint density at radius 2 is 2.17 bits per heavy atom. The van der Waals surface area contributed by atoms with E-state index in [1.54, 1.807) is 20.2 Å². The van der Waals surface area contributed by atoms with E-state index in [4.69, 9.17) is 4.74 Å². The Labute approximate surface area is 175 Å². The summed E-state index contributed by atoms with van der Waals surface area (Å²) in [6, 6.07) is 4.75. The molecule has 1 saturated heterocycles. The number of fused-ring (bicyclic) bond motifs is 1. The monoisotopic (exact) mass is 412 g/mol. The van der Waals surface area contributed by atoms with Gasteiger partial charge in [0.15, 0.2) is 0 Å². The number of aldehydes is 1. The number of aromatic nitrogens is 2. The summed E-state index contributed by atoms with van der Waals surface area (Å²) in [5, 5.41) is 5.83. The van der Waals surface area contributed by atoms with Crippen molar-refractivity contribution in [2.45, 2.75) is 37.8 Å². The van der Waals surface area contributed by atoms with Gasteiger partial charge in [-0.2, -0.15) is 0 Å². The van der Waals surface area contributed by atoms with Gasteiger partial charge in [-0.25, -0.2) is 4.79 Å². The van der Waals surface area contributed by atoms with Crippen LogP contribution in [0, 0.1) is 11.8 Å². The summed E-state index contributed by atoms with van der Waals surface area (Å²) in [5.74, 6) is 5.99. The molecule has 2 heterocycles. The van der Waals surface area contributed by atoms with Gasteiger partial charge in [-0.15, -0.1) is 0 Å². The van der Waals surface area contributed by atoms with E-state index in [1.807, 2.05) is 12.1 Å². The summed E-state index contributed by atoms with van der Waals surface area (Å²) in [4.78, 5) is 36.2. The summed E-state index contributed by atoms with van der Waals surface area (Å²) in [6.07, 6.45) is 3.33. The van der Waals surface area contributed by atoms with Crippen molar-refractivity contribution in [3.05, 3.63) is 34.2 Å². The van der Waals surface area contributed by atoms with Crippen LogP contribution in [-0.4, -0.2) is 54.2 Å². The number of ether oxygens (including phenoxy) is 1. The van der Waals surface area contributed by atoms with Crippen molar-refractivity contribution in [3.63, 3.8) is 0 Å².